The minimum Gasteiger partial charge on any atom is -0.469 e. The number of pyridine rings is 1. The predicted octanol–water partition coefficient (Wildman–Crippen LogP) is 3.14. The number of carbonyl (C=O) groups is 1. The second kappa shape index (κ2) is 8.58. The summed E-state index contributed by atoms with van der Waals surface area (Å²) in [5.74, 6) is 0.458. The maximum atomic E-state index is 13.0. The van der Waals surface area contributed by atoms with E-state index in [1.807, 2.05) is 6.92 Å². The molecule has 1 unspecified atom stereocenters. The van der Waals surface area contributed by atoms with Crippen molar-refractivity contribution in [3.05, 3.63) is 23.9 Å². The van der Waals surface area contributed by atoms with Crippen LogP contribution < -0.4 is 10.6 Å². The van der Waals surface area contributed by atoms with Crippen LogP contribution in [0.25, 0.3) is 11.5 Å². The summed E-state index contributed by atoms with van der Waals surface area (Å²) in [7, 11) is 1.28. The van der Waals surface area contributed by atoms with Crippen LogP contribution in [0.5, 0.6) is 0 Å². The van der Waals surface area contributed by atoms with Gasteiger partial charge >= 0.3 is 12.1 Å². The third-order valence-electron chi connectivity index (χ3n) is 4.43. The Kier molecular flexibility index (Phi) is 6.14. The lowest BCUT2D eigenvalue weighted by atomic mass is 10.2. The molecule has 1 atom stereocenters. The van der Waals surface area contributed by atoms with Crippen LogP contribution in [0.4, 0.5) is 25.1 Å². The van der Waals surface area contributed by atoms with Gasteiger partial charge in [-0.2, -0.15) is 28.1 Å². The van der Waals surface area contributed by atoms with E-state index in [0.29, 0.717) is 5.92 Å². The molecule has 0 aliphatic heterocycles. The second-order valence-corrected chi connectivity index (χ2v) is 6.74. The van der Waals surface area contributed by atoms with E-state index in [4.69, 9.17) is 0 Å². The molecule has 0 radical (unpaired) electrons. The number of alkyl halides is 3. The van der Waals surface area contributed by atoms with Crippen LogP contribution in [0.15, 0.2) is 18.2 Å². The lowest BCUT2D eigenvalue weighted by Crippen LogP contribution is -2.21. The molecule has 1 fully saturated rings. The van der Waals surface area contributed by atoms with E-state index in [0.717, 1.165) is 18.9 Å². The maximum absolute atomic E-state index is 13.0. The first-order valence-electron chi connectivity index (χ1n) is 9.14. The lowest BCUT2D eigenvalue weighted by Gasteiger charge is -2.15. The van der Waals surface area contributed by atoms with Crippen molar-refractivity contribution in [1.29, 1.82) is 0 Å². The molecule has 2 heterocycles. The first-order chi connectivity index (χ1) is 13.8. The van der Waals surface area contributed by atoms with Crippen molar-refractivity contribution in [3.8, 4) is 11.5 Å². The highest BCUT2D eigenvalue weighted by molar-refractivity contribution is 5.69. The molecular weight excluding hydrogens is 389 g/mol. The minimum atomic E-state index is -4.58. The fourth-order valence-electron chi connectivity index (χ4n) is 2.65. The molecule has 0 aromatic carbocycles. The highest BCUT2D eigenvalue weighted by Crippen LogP contribution is 2.34. The SMILES string of the molecule is COC(=O)CCNc1nc(NC(C)C2CC2)nc(-c2cccc(C(F)(F)F)n2)n1. The van der Waals surface area contributed by atoms with Gasteiger partial charge in [0.15, 0.2) is 5.82 Å². The maximum Gasteiger partial charge on any atom is 0.433 e. The van der Waals surface area contributed by atoms with Crippen molar-refractivity contribution in [2.24, 2.45) is 5.92 Å². The zero-order chi connectivity index (χ0) is 21.0. The molecule has 0 amide bonds. The molecule has 11 heteroatoms. The fourth-order valence-corrected chi connectivity index (χ4v) is 2.65. The molecule has 1 saturated carbocycles. The van der Waals surface area contributed by atoms with Gasteiger partial charge in [-0.3, -0.25) is 4.79 Å². The summed E-state index contributed by atoms with van der Waals surface area (Å²) < 4.78 is 43.6. The van der Waals surface area contributed by atoms with E-state index in [2.05, 4.69) is 35.3 Å². The van der Waals surface area contributed by atoms with Crippen LogP contribution in [0.3, 0.4) is 0 Å². The molecule has 2 aromatic rings. The van der Waals surface area contributed by atoms with Crippen molar-refractivity contribution >= 4 is 17.9 Å². The van der Waals surface area contributed by atoms with Gasteiger partial charge in [-0.25, -0.2) is 4.98 Å². The summed E-state index contributed by atoms with van der Waals surface area (Å²) >= 11 is 0. The quantitative estimate of drug-likeness (QED) is 0.640. The number of aromatic nitrogens is 4. The first kappa shape index (κ1) is 20.7. The molecular formula is C18H21F3N6O2. The van der Waals surface area contributed by atoms with E-state index in [1.165, 1.54) is 19.2 Å². The Morgan fingerprint density at radius 1 is 1.21 bits per heavy atom. The largest absolute Gasteiger partial charge is 0.469 e. The van der Waals surface area contributed by atoms with Gasteiger partial charge in [0.2, 0.25) is 11.9 Å². The van der Waals surface area contributed by atoms with Crippen LogP contribution in [0, 0.1) is 5.92 Å². The van der Waals surface area contributed by atoms with Crippen molar-refractivity contribution in [1.82, 2.24) is 19.9 Å². The smallest absolute Gasteiger partial charge is 0.433 e. The number of carbonyl (C=O) groups excluding carboxylic acids is 1. The van der Waals surface area contributed by atoms with Crippen LogP contribution in [0.1, 0.15) is 31.9 Å². The third kappa shape index (κ3) is 5.75. The number of anilines is 2. The number of esters is 1. The molecule has 0 spiro atoms. The van der Waals surface area contributed by atoms with Crippen molar-refractivity contribution < 1.29 is 22.7 Å². The minimum absolute atomic E-state index is 0.00263. The molecule has 1 aliphatic carbocycles. The van der Waals surface area contributed by atoms with E-state index < -0.39 is 17.8 Å². The zero-order valence-electron chi connectivity index (χ0n) is 16.0. The molecule has 8 nitrogen and oxygen atoms in total. The van der Waals surface area contributed by atoms with Gasteiger partial charge in [0.25, 0.3) is 0 Å². The van der Waals surface area contributed by atoms with Gasteiger partial charge in [0.1, 0.15) is 11.4 Å². The van der Waals surface area contributed by atoms with Gasteiger partial charge in [-0.05, 0) is 37.8 Å². The summed E-state index contributed by atoms with van der Waals surface area (Å²) in [4.78, 5) is 27.6. The van der Waals surface area contributed by atoms with Crippen molar-refractivity contribution in [2.75, 3.05) is 24.3 Å². The van der Waals surface area contributed by atoms with Crippen LogP contribution in [0.2, 0.25) is 0 Å². The Balaban J connectivity index is 1.88. The molecule has 0 bridgehead atoms. The Hall–Kier alpha value is -2.98. The molecule has 29 heavy (non-hydrogen) atoms. The number of hydrogen-bond acceptors (Lipinski definition) is 8. The zero-order valence-corrected chi connectivity index (χ0v) is 16.0. The molecule has 1 aliphatic rings. The molecule has 0 saturated heterocycles. The van der Waals surface area contributed by atoms with Gasteiger partial charge in [-0.1, -0.05) is 6.07 Å². The van der Waals surface area contributed by atoms with Crippen LogP contribution >= 0.6 is 0 Å². The summed E-state index contributed by atoms with van der Waals surface area (Å²) in [5, 5.41) is 6.04. The molecule has 2 N–H and O–H groups in total. The highest BCUT2D eigenvalue weighted by Gasteiger charge is 2.33. The fraction of sp³-hybridized carbons (Fsp3) is 0.500. The monoisotopic (exact) mass is 410 g/mol. The highest BCUT2D eigenvalue weighted by atomic mass is 19.4. The molecule has 156 valence electrons. The number of halogens is 3. The van der Waals surface area contributed by atoms with Crippen LogP contribution in [-0.4, -0.2) is 45.6 Å². The molecule has 3 rings (SSSR count). The summed E-state index contributed by atoms with van der Waals surface area (Å²) in [6.45, 7) is 2.19. The summed E-state index contributed by atoms with van der Waals surface area (Å²) in [5.41, 5.74) is -1.06. The average Bonchev–Trinajstić information content (AvgIpc) is 3.52. The Morgan fingerprint density at radius 3 is 2.59 bits per heavy atom. The van der Waals surface area contributed by atoms with E-state index in [1.54, 1.807) is 0 Å². The van der Waals surface area contributed by atoms with Crippen LogP contribution in [-0.2, 0) is 15.7 Å². The van der Waals surface area contributed by atoms with Gasteiger partial charge in [-0.15, -0.1) is 0 Å². The van der Waals surface area contributed by atoms with Gasteiger partial charge in [0.05, 0.1) is 13.5 Å². The summed E-state index contributed by atoms with van der Waals surface area (Å²) in [6, 6.07) is 3.65. The normalized spacial score (nSPS) is 14.9. The van der Waals surface area contributed by atoms with E-state index >= 15 is 0 Å². The first-order valence-corrected chi connectivity index (χ1v) is 9.14. The number of nitrogens with zero attached hydrogens (tertiary/aromatic N) is 4. The second-order valence-electron chi connectivity index (χ2n) is 6.74. The third-order valence-corrected chi connectivity index (χ3v) is 4.43. The Morgan fingerprint density at radius 2 is 1.93 bits per heavy atom. The molecule has 2 aromatic heterocycles. The van der Waals surface area contributed by atoms with Gasteiger partial charge < -0.3 is 15.4 Å². The number of methoxy groups -OCH3 is 1. The Bertz CT molecular complexity index is 873. The van der Waals surface area contributed by atoms with E-state index in [-0.39, 0.29) is 42.4 Å². The lowest BCUT2D eigenvalue weighted by molar-refractivity contribution is -0.141. The van der Waals surface area contributed by atoms with Crippen molar-refractivity contribution in [3.63, 3.8) is 0 Å². The number of rotatable bonds is 8. The number of nitrogens with one attached hydrogen (secondary N) is 2. The predicted molar refractivity (Wildman–Crippen MR) is 99.0 cm³/mol. The van der Waals surface area contributed by atoms with E-state index in [9.17, 15) is 18.0 Å². The topological polar surface area (TPSA) is 102 Å². The average molecular weight is 410 g/mol. The standard InChI is InChI=1S/C18H21F3N6O2/c1-10(11-6-7-11)23-17-26-15(12-4-3-5-13(24-12)18(19,20)21)25-16(27-17)22-9-8-14(28)29-2/h3-5,10-11H,6-9H2,1-2H3,(H2,22,23,25,26,27). The van der Waals surface area contributed by atoms with Gasteiger partial charge in [0, 0.05) is 12.6 Å². The summed E-state index contributed by atoms with van der Waals surface area (Å²) in [6.07, 6.45) is -2.29. The van der Waals surface area contributed by atoms with Crippen molar-refractivity contribution in [2.45, 2.75) is 38.4 Å². The number of hydrogen-bond donors (Lipinski definition) is 2. The Labute approximate surface area is 165 Å². The number of ether oxygens (including phenoxy) is 1.